The number of rotatable bonds is 1. The molecule has 72 valence electrons. The average molecular weight is 285 g/mol. The maximum atomic E-state index is 9.51. The van der Waals surface area contributed by atoms with Gasteiger partial charge < -0.3 is 14.7 Å². The van der Waals surface area contributed by atoms with Crippen LogP contribution in [0, 0.1) is 0 Å². The molecular formula is C8H16INO2. The van der Waals surface area contributed by atoms with E-state index in [-0.39, 0.29) is 10.0 Å². The molecular weight excluding hydrogens is 269 g/mol. The van der Waals surface area contributed by atoms with Crippen molar-refractivity contribution in [2.75, 3.05) is 14.1 Å². The van der Waals surface area contributed by atoms with Crippen molar-refractivity contribution in [2.45, 2.75) is 35.7 Å². The standard InChI is InChI=1S/C8H16INO2/c1-5-4-6(10(2)3)7(9)8(11)12-5/h5-8,11H,4H2,1-3H3/t5-,6?,7?,8-/m1/s1. The van der Waals surface area contributed by atoms with E-state index in [1.165, 1.54) is 0 Å². The molecule has 1 heterocycles. The molecule has 0 bridgehead atoms. The summed E-state index contributed by atoms with van der Waals surface area (Å²) in [7, 11) is 4.09. The highest BCUT2D eigenvalue weighted by Crippen LogP contribution is 2.27. The molecule has 0 spiro atoms. The van der Waals surface area contributed by atoms with E-state index < -0.39 is 6.29 Å². The SMILES string of the molecule is C[C@@H]1CC(N(C)C)C(I)[C@H](O)O1. The second-order valence-corrected chi connectivity index (χ2v) is 4.99. The van der Waals surface area contributed by atoms with E-state index in [1.54, 1.807) is 0 Å². The van der Waals surface area contributed by atoms with Crippen LogP contribution in [0.15, 0.2) is 0 Å². The van der Waals surface area contributed by atoms with Crippen LogP contribution in [0.5, 0.6) is 0 Å². The lowest BCUT2D eigenvalue weighted by Crippen LogP contribution is -2.50. The Morgan fingerprint density at radius 1 is 1.50 bits per heavy atom. The van der Waals surface area contributed by atoms with E-state index in [1.807, 2.05) is 21.0 Å². The number of nitrogens with zero attached hydrogens (tertiary/aromatic N) is 1. The number of aliphatic hydroxyl groups excluding tert-OH is 1. The minimum absolute atomic E-state index is 0.165. The largest absolute Gasteiger partial charge is 0.367 e. The average Bonchev–Trinajstić information content (AvgIpc) is 1.96. The van der Waals surface area contributed by atoms with Gasteiger partial charge in [0.2, 0.25) is 0 Å². The molecule has 0 aromatic rings. The Kier molecular flexibility index (Phi) is 3.75. The second-order valence-electron chi connectivity index (χ2n) is 3.55. The van der Waals surface area contributed by atoms with Gasteiger partial charge in [-0.05, 0) is 27.4 Å². The predicted molar refractivity (Wildman–Crippen MR) is 56.5 cm³/mol. The third-order valence-electron chi connectivity index (χ3n) is 2.25. The zero-order valence-electron chi connectivity index (χ0n) is 7.70. The van der Waals surface area contributed by atoms with E-state index >= 15 is 0 Å². The third kappa shape index (κ3) is 2.31. The first-order valence-electron chi connectivity index (χ1n) is 4.16. The number of halogens is 1. The van der Waals surface area contributed by atoms with Gasteiger partial charge in [-0.25, -0.2) is 0 Å². The van der Waals surface area contributed by atoms with Crippen LogP contribution in [-0.2, 0) is 4.74 Å². The van der Waals surface area contributed by atoms with Gasteiger partial charge in [0.15, 0.2) is 6.29 Å². The zero-order chi connectivity index (χ0) is 9.30. The summed E-state index contributed by atoms with van der Waals surface area (Å²) in [5, 5.41) is 9.51. The molecule has 0 amide bonds. The zero-order valence-corrected chi connectivity index (χ0v) is 9.85. The molecule has 0 aromatic heterocycles. The summed E-state index contributed by atoms with van der Waals surface area (Å²) in [5.74, 6) is 0. The fraction of sp³-hybridized carbons (Fsp3) is 1.00. The summed E-state index contributed by atoms with van der Waals surface area (Å²) in [6, 6.07) is 0.421. The molecule has 1 aliphatic rings. The van der Waals surface area contributed by atoms with Crippen molar-refractivity contribution in [2.24, 2.45) is 0 Å². The Labute approximate surface area is 87.2 Å². The van der Waals surface area contributed by atoms with E-state index in [0.29, 0.717) is 6.04 Å². The Hall–Kier alpha value is 0.610. The van der Waals surface area contributed by atoms with Crippen molar-refractivity contribution in [3.8, 4) is 0 Å². The van der Waals surface area contributed by atoms with Crippen molar-refractivity contribution in [1.82, 2.24) is 4.90 Å². The highest BCUT2D eigenvalue weighted by molar-refractivity contribution is 14.1. The number of hydrogen-bond donors (Lipinski definition) is 1. The molecule has 1 saturated heterocycles. The van der Waals surface area contributed by atoms with Crippen molar-refractivity contribution >= 4 is 22.6 Å². The molecule has 12 heavy (non-hydrogen) atoms. The third-order valence-corrected chi connectivity index (χ3v) is 3.69. The smallest absolute Gasteiger partial charge is 0.168 e. The molecule has 0 aliphatic carbocycles. The second kappa shape index (κ2) is 4.21. The highest BCUT2D eigenvalue weighted by Gasteiger charge is 2.35. The van der Waals surface area contributed by atoms with Gasteiger partial charge in [0.05, 0.1) is 10.0 Å². The van der Waals surface area contributed by atoms with Gasteiger partial charge in [0.1, 0.15) is 0 Å². The van der Waals surface area contributed by atoms with Crippen LogP contribution in [0.4, 0.5) is 0 Å². The molecule has 0 saturated carbocycles. The Morgan fingerprint density at radius 3 is 2.58 bits per heavy atom. The number of aliphatic hydroxyl groups is 1. The number of hydrogen-bond acceptors (Lipinski definition) is 3. The first-order valence-corrected chi connectivity index (χ1v) is 5.41. The maximum Gasteiger partial charge on any atom is 0.168 e. The molecule has 3 nitrogen and oxygen atoms in total. The van der Waals surface area contributed by atoms with Crippen LogP contribution in [0.25, 0.3) is 0 Å². The van der Waals surface area contributed by atoms with Crippen LogP contribution in [0.2, 0.25) is 0 Å². The van der Waals surface area contributed by atoms with Gasteiger partial charge >= 0.3 is 0 Å². The lowest BCUT2D eigenvalue weighted by atomic mass is 10.0. The topological polar surface area (TPSA) is 32.7 Å². The van der Waals surface area contributed by atoms with Crippen molar-refractivity contribution < 1.29 is 9.84 Å². The van der Waals surface area contributed by atoms with Crippen LogP contribution in [0.3, 0.4) is 0 Å². The summed E-state index contributed by atoms with van der Waals surface area (Å²) >= 11 is 2.25. The number of alkyl halides is 1. The summed E-state index contributed by atoms with van der Waals surface area (Å²) in [4.78, 5) is 2.15. The number of ether oxygens (including phenoxy) is 1. The van der Waals surface area contributed by atoms with E-state index in [0.717, 1.165) is 6.42 Å². The Balaban J connectivity index is 2.60. The maximum absolute atomic E-state index is 9.51. The molecule has 1 aliphatic heterocycles. The minimum Gasteiger partial charge on any atom is -0.367 e. The molecule has 2 unspecified atom stereocenters. The Bertz CT molecular complexity index is 154. The summed E-state index contributed by atoms with van der Waals surface area (Å²) in [5.41, 5.74) is 0. The fourth-order valence-corrected chi connectivity index (χ4v) is 2.63. The molecule has 0 aromatic carbocycles. The monoisotopic (exact) mass is 285 g/mol. The van der Waals surface area contributed by atoms with Crippen LogP contribution in [0.1, 0.15) is 13.3 Å². The minimum atomic E-state index is -0.609. The molecule has 4 heteroatoms. The van der Waals surface area contributed by atoms with Crippen molar-refractivity contribution in [1.29, 1.82) is 0 Å². The van der Waals surface area contributed by atoms with Gasteiger partial charge in [0, 0.05) is 6.04 Å². The molecule has 4 atom stereocenters. The van der Waals surface area contributed by atoms with Crippen LogP contribution in [-0.4, -0.2) is 46.5 Å². The van der Waals surface area contributed by atoms with Crippen molar-refractivity contribution in [3.05, 3.63) is 0 Å². The van der Waals surface area contributed by atoms with Gasteiger partial charge in [-0.3, -0.25) is 0 Å². The Morgan fingerprint density at radius 2 is 2.08 bits per heavy atom. The van der Waals surface area contributed by atoms with E-state index in [4.69, 9.17) is 4.74 Å². The van der Waals surface area contributed by atoms with Gasteiger partial charge in [0.25, 0.3) is 0 Å². The first-order chi connectivity index (χ1) is 5.52. The lowest BCUT2D eigenvalue weighted by molar-refractivity contribution is -0.164. The van der Waals surface area contributed by atoms with Gasteiger partial charge in [-0.15, -0.1) is 0 Å². The summed E-state index contributed by atoms with van der Waals surface area (Å²) < 4.78 is 5.48. The molecule has 0 radical (unpaired) electrons. The fourth-order valence-electron chi connectivity index (χ4n) is 1.52. The normalized spacial score (nSPS) is 43.5. The summed E-state index contributed by atoms with van der Waals surface area (Å²) in [6.07, 6.45) is 0.553. The highest BCUT2D eigenvalue weighted by atomic mass is 127. The summed E-state index contributed by atoms with van der Waals surface area (Å²) in [6.45, 7) is 2.00. The van der Waals surface area contributed by atoms with Crippen LogP contribution < -0.4 is 0 Å². The van der Waals surface area contributed by atoms with Crippen molar-refractivity contribution in [3.63, 3.8) is 0 Å². The quantitative estimate of drug-likeness (QED) is 0.572. The first kappa shape index (κ1) is 10.7. The van der Waals surface area contributed by atoms with Gasteiger partial charge in [-0.2, -0.15) is 0 Å². The predicted octanol–water partition coefficient (Wildman–Crippen LogP) is 0.847. The molecule has 1 N–H and O–H groups in total. The molecule has 1 rings (SSSR count). The van der Waals surface area contributed by atoms with Crippen LogP contribution >= 0.6 is 22.6 Å². The molecule has 1 fully saturated rings. The lowest BCUT2D eigenvalue weighted by Gasteiger charge is -2.39. The van der Waals surface area contributed by atoms with E-state index in [2.05, 4.69) is 27.5 Å². The van der Waals surface area contributed by atoms with Gasteiger partial charge in [-0.1, -0.05) is 22.6 Å². The van der Waals surface area contributed by atoms with E-state index in [9.17, 15) is 5.11 Å².